The van der Waals surface area contributed by atoms with Crippen LogP contribution in [0.5, 0.6) is 0 Å². The minimum Gasteiger partial charge on any atom is -0.345 e. The molecule has 27 heavy (non-hydrogen) atoms. The van der Waals surface area contributed by atoms with E-state index >= 15 is 0 Å². The first-order valence-corrected chi connectivity index (χ1v) is 11.9. The highest BCUT2D eigenvalue weighted by molar-refractivity contribution is 7.98. The molecule has 0 N–H and O–H groups in total. The molecule has 0 atom stereocenters. The zero-order valence-corrected chi connectivity index (χ0v) is 17.1. The minimum absolute atomic E-state index is 0.127. The largest absolute Gasteiger partial charge is 0.345 e. The van der Waals surface area contributed by atoms with Gasteiger partial charge in [0.05, 0.1) is 15.1 Å². The van der Waals surface area contributed by atoms with Crippen molar-refractivity contribution in [1.29, 1.82) is 0 Å². The fraction of sp³-hybridized carbons (Fsp3) is 0.278. The van der Waals surface area contributed by atoms with Crippen LogP contribution in [0, 0.1) is 5.82 Å². The molecule has 0 aliphatic carbocycles. The summed E-state index contributed by atoms with van der Waals surface area (Å²) in [4.78, 5) is 8.18. The lowest BCUT2D eigenvalue weighted by atomic mass is 10.3. The summed E-state index contributed by atoms with van der Waals surface area (Å²) in [6.07, 6.45) is 2.03. The van der Waals surface area contributed by atoms with Crippen LogP contribution in [0.15, 0.2) is 52.3 Å². The Balaban J connectivity index is 1.51. The Morgan fingerprint density at radius 1 is 1.07 bits per heavy atom. The second-order valence-electron chi connectivity index (χ2n) is 6.15. The molecule has 2 heterocycles. The van der Waals surface area contributed by atoms with Gasteiger partial charge >= 0.3 is 0 Å². The van der Waals surface area contributed by atoms with Crippen molar-refractivity contribution in [3.05, 3.63) is 48.3 Å². The Bertz CT molecular complexity index is 1060. The number of fused-ring (bicyclic) bond motifs is 1. The lowest BCUT2D eigenvalue weighted by Crippen LogP contribution is -2.48. The summed E-state index contributed by atoms with van der Waals surface area (Å²) in [6.45, 7) is 1.92. The average Bonchev–Trinajstić information content (AvgIpc) is 3.13. The smallest absolute Gasteiger partial charge is 0.243 e. The molecule has 0 saturated carbocycles. The SMILES string of the molecule is CSc1cccc2sc(N3CCN(S(=O)(=O)c4ccc(F)cc4)CC3)nc12. The van der Waals surface area contributed by atoms with E-state index in [1.807, 2.05) is 12.3 Å². The molecule has 0 amide bonds. The van der Waals surface area contributed by atoms with E-state index in [4.69, 9.17) is 4.98 Å². The molecule has 142 valence electrons. The van der Waals surface area contributed by atoms with Gasteiger partial charge < -0.3 is 4.90 Å². The Morgan fingerprint density at radius 3 is 2.44 bits per heavy atom. The Hall–Kier alpha value is -1.68. The van der Waals surface area contributed by atoms with Crippen molar-refractivity contribution in [3.63, 3.8) is 0 Å². The first-order chi connectivity index (χ1) is 13.0. The summed E-state index contributed by atoms with van der Waals surface area (Å²) >= 11 is 3.30. The molecule has 5 nitrogen and oxygen atoms in total. The Kier molecular flexibility index (Phi) is 5.11. The Labute approximate surface area is 165 Å². The Morgan fingerprint density at radius 2 is 1.78 bits per heavy atom. The average molecular weight is 424 g/mol. The van der Waals surface area contributed by atoms with E-state index in [0.717, 1.165) is 20.2 Å². The van der Waals surface area contributed by atoms with E-state index in [9.17, 15) is 12.8 Å². The van der Waals surface area contributed by atoms with Gasteiger partial charge in [0.15, 0.2) is 5.13 Å². The highest BCUT2D eigenvalue weighted by atomic mass is 32.2. The second kappa shape index (κ2) is 7.38. The van der Waals surface area contributed by atoms with Gasteiger partial charge in [-0.2, -0.15) is 4.31 Å². The van der Waals surface area contributed by atoms with E-state index in [-0.39, 0.29) is 4.90 Å². The number of anilines is 1. The normalized spacial score (nSPS) is 16.1. The molecular weight excluding hydrogens is 405 g/mol. The van der Waals surface area contributed by atoms with Crippen molar-refractivity contribution in [2.45, 2.75) is 9.79 Å². The van der Waals surface area contributed by atoms with Crippen molar-refractivity contribution in [2.75, 3.05) is 37.3 Å². The third-order valence-electron chi connectivity index (χ3n) is 4.55. The second-order valence-corrected chi connectivity index (χ2v) is 9.94. The maximum absolute atomic E-state index is 13.1. The number of piperazine rings is 1. The molecule has 1 aromatic heterocycles. The molecule has 1 fully saturated rings. The van der Waals surface area contributed by atoms with Gasteiger partial charge in [0.25, 0.3) is 0 Å². The fourth-order valence-electron chi connectivity index (χ4n) is 3.09. The first-order valence-electron chi connectivity index (χ1n) is 8.43. The van der Waals surface area contributed by atoms with Gasteiger partial charge in [0.2, 0.25) is 10.0 Å². The van der Waals surface area contributed by atoms with Gasteiger partial charge in [0, 0.05) is 31.1 Å². The summed E-state index contributed by atoms with van der Waals surface area (Å²) in [5.74, 6) is -0.445. The summed E-state index contributed by atoms with van der Waals surface area (Å²) in [6, 6.07) is 11.1. The number of halogens is 1. The number of para-hydroxylation sites is 1. The maximum Gasteiger partial charge on any atom is 0.243 e. The number of hydrogen-bond acceptors (Lipinski definition) is 6. The van der Waals surface area contributed by atoms with Crippen LogP contribution in [0.1, 0.15) is 0 Å². The maximum atomic E-state index is 13.1. The highest BCUT2D eigenvalue weighted by Gasteiger charge is 2.29. The van der Waals surface area contributed by atoms with Crippen LogP contribution in [0.3, 0.4) is 0 Å². The third kappa shape index (κ3) is 3.56. The summed E-state index contributed by atoms with van der Waals surface area (Å²) in [5.41, 5.74) is 1.01. The van der Waals surface area contributed by atoms with E-state index in [2.05, 4.69) is 17.0 Å². The van der Waals surface area contributed by atoms with Crippen LogP contribution >= 0.6 is 23.1 Å². The van der Waals surface area contributed by atoms with Gasteiger partial charge in [-0.1, -0.05) is 17.4 Å². The van der Waals surface area contributed by atoms with E-state index in [0.29, 0.717) is 26.2 Å². The molecule has 1 saturated heterocycles. The number of sulfonamides is 1. The number of aromatic nitrogens is 1. The van der Waals surface area contributed by atoms with E-state index < -0.39 is 15.8 Å². The highest BCUT2D eigenvalue weighted by Crippen LogP contribution is 2.34. The predicted octanol–water partition coefficient (Wildman–Crippen LogP) is 3.67. The van der Waals surface area contributed by atoms with Crippen LogP contribution in [-0.2, 0) is 10.0 Å². The van der Waals surface area contributed by atoms with Gasteiger partial charge in [0.1, 0.15) is 5.82 Å². The summed E-state index contributed by atoms with van der Waals surface area (Å²) < 4.78 is 41.1. The van der Waals surface area contributed by atoms with Gasteiger partial charge in [-0.05, 0) is 42.7 Å². The topological polar surface area (TPSA) is 53.5 Å². The molecular formula is C18H18FN3O2S3. The standard InChI is InChI=1S/C18H18FN3O2S3/c1-25-15-3-2-4-16-17(15)20-18(26-16)21-9-11-22(12-10-21)27(23,24)14-7-5-13(19)6-8-14/h2-8H,9-12H2,1H3. The van der Waals surface area contributed by atoms with Gasteiger partial charge in [-0.15, -0.1) is 11.8 Å². The van der Waals surface area contributed by atoms with Crippen LogP contribution in [0.25, 0.3) is 10.2 Å². The monoisotopic (exact) mass is 423 g/mol. The van der Waals surface area contributed by atoms with Gasteiger partial charge in [-0.25, -0.2) is 17.8 Å². The molecule has 1 aliphatic rings. The molecule has 3 aromatic rings. The minimum atomic E-state index is -3.60. The number of benzene rings is 2. The summed E-state index contributed by atoms with van der Waals surface area (Å²) in [5, 5.41) is 0.922. The quantitative estimate of drug-likeness (QED) is 0.600. The lowest BCUT2D eigenvalue weighted by Gasteiger charge is -2.33. The van der Waals surface area contributed by atoms with E-state index in [1.54, 1.807) is 23.1 Å². The number of nitrogens with zero attached hydrogens (tertiary/aromatic N) is 3. The fourth-order valence-corrected chi connectivity index (χ4v) is 6.18. The van der Waals surface area contributed by atoms with Crippen molar-refractivity contribution >= 4 is 48.5 Å². The number of hydrogen-bond donors (Lipinski definition) is 0. The number of rotatable bonds is 4. The molecule has 0 radical (unpaired) electrons. The molecule has 1 aliphatic heterocycles. The number of thioether (sulfide) groups is 1. The molecule has 4 rings (SSSR count). The molecule has 0 spiro atoms. The van der Waals surface area contributed by atoms with Crippen molar-refractivity contribution in [3.8, 4) is 0 Å². The predicted molar refractivity (Wildman–Crippen MR) is 109 cm³/mol. The molecule has 0 unspecified atom stereocenters. The van der Waals surface area contributed by atoms with Crippen molar-refractivity contribution < 1.29 is 12.8 Å². The van der Waals surface area contributed by atoms with Crippen molar-refractivity contribution in [2.24, 2.45) is 0 Å². The first kappa shape index (κ1) is 18.7. The van der Waals surface area contributed by atoms with Crippen LogP contribution in [-0.4, -0.2) is 50.1 Å². The molecule has 2 aromatic carbocycles. The van der Waals surface area contributed by atoms with Crippen LogP contribution in [0.4, 0.5) is 9.52 Å². The van der Waals surface area contributed by atoms with Crippen LogP contribution in [0.2, 0.25) is 0 Å². The molecule has 0 bridgehead atoms. The molecule has 9 heteroatoms. The van der Waals surface area contributed by atoms with Crippen LogP contribution < -0.4 is 4.90 Å². The zero-order chi connectivity index (χ0) is 19.0. The van der Waals surface area contributed by atoms with E-state index in [1.165, 1.54) is 28.6 Å². The zero-order valence-electron chi connectivity index (χ0n) is 14.6. The van der Waals surface area contributed by atoms with Gasteiger partial charge in [-0.3, -0.25) is 0 Å². The third-order valence-corrected chi connectivity index (χ3v) is 8.31. The lowest BCUT2D eigenvalue weighted by molar-refractivity contribution is 0.384. The van der Waals surface area contributed by atoms with Crippen molar-refractivity contribution in [1.82, 2.24) is 9.29 Å². The summed E-state index contributed by atoms with van der Waals surface area (Å²) in [7, 11) is -3.60. The number of thiazole rings is 1.